The number of carbonyl (C=O) groups excluding carboxylic acids is 4. The summed E-state index contributed by atoms with van der Waals surface area (Å²) in [6.45, 7) is 2.59. The van der Waals surface area contributed by atoms with Crippen molar-refractivity contribution in [2.45, 2.75) is 13.8 Å². The van der Waals surface area contributed by atoms with E-state index in [1.54, 1.807) is 0 Å². The molecule has 0 unspecified atom stereocenters. The van der Waals surface area contributed by atoms with Crippen molar-refractivity contribution in [1.29, 1.82) is 0 Å². The maximum Gasteiger partial charge on any atom is 0.304 e. The molecule has 7 nitrogen and oxygen atoms in total. The van der Waals surface area contributed by atoms with E-state index in [2.05, 4.69) is 0 Å². The van der Waals surface area contributed by atoms with E-state index in [0.29, 0.717) is 11.3 Å². The first-order chi connectivity index (χ1) is 14.7. The summed E-state index contributed by atoms with van der Waals surface area (Å²) in [5.41, 5.74) is 1.24. The van der Waals surface area contributed by atoms with E-state index in [-0.39, 0.29) is 39.4 Å². The Morgan fingerprint density at radius 3 is 1.84 bits per heavy atom. The van der Waals surface area contributed by atoms with Gasteiger partial charge in [-0.25, -0.2) is 0 Å². The zero-order valence-electron chi connectivity index (χ0n) is 16.7. The predicted molar refractivity (Wildman–Crippen MR) is 113 cm³/mol. The normalized spacial score (nSPS) is 12.8. The smallest absolute Gasteiger partial charge is 0.304 e. The molecule has 1 amide bonds. The molecule has 0 spiro atoms. The van der Waals surface area contributed by atoms with Crippen molar-refractivity contribution in [3.05, 3.63) is 71.3 Å². The molecule has 0 aliphatic carbocycles. The first-order valence-corrected chi connectivity index (χ1v) is 9.40. The molecule has 31 heavy (non-hydrogen) atoms. The van der Waals surface area contributed by atoms with Gasteiger partial charge in [0.15, 0.2) is 11.6 Å². The fourth-order valence-electron chi connectivity index (χ4n) is 3.81. The Kier molecular flexibility index (Phi) is 4.66. The summed E-state index contributed by atoms with van der Waals surface area (Å²) in [4.78, 5) is 52.2. The molecule has 3 aromatic carbocycles. The van der Waals surface area contributed by atoms with Gasteiger partial charge in [-0.1, -0.05) is 12.1 Å². The lowest BCUT2D eigenvalue weighted by Crippen LogP contribution is -2.24. The minimum Gasteiger partial charge on any atom is -0.508 e. The van der Waals surface area contributed by atoms with Gasteiger partial charge in [0.25, 0.3) is 5.78 Å². The summed E-state index contributed by atoms with van der Waals surface area (Å²) in [5, 5.41) is 19.2. The van der Waals surface area contributed by atoms with Crippen LogP contribution in [0.5, 0.6) is 11.5 Å². The molecule has 1 heterocycles. The van der Waals surface area contributed by atoms with Crippen molar-refractivity contribution in [1.82, 2.24) is 0 Å². The van der Waals surface area contributed by atoms with Gasteiger partial charge < -0.3 is 10.2 Å². The van der Waals surface area contributed by atoms with Crippen LogP contribution in [0.1, 0.15) is 44.9 Å². The molecular formula is C24H17NO6. The van der Waals surface area contributed by atoms with Crippen LogP contribution >= 0.6 is 0 Å². The minimum absolute atomic E-state index is 0.0110. The van der Waals surface area contributed by atoms with Gasteiger partial charge in [-0.15, -0.1) is 0 Å². The van der Waals surface area contributed by atoms with E-state index >= 15 is 0 Å². The molecule has 0 saturated carbocycles. The minimum atomic E-state index is -0.837. The Hall–Kier alpha value is -4.26. The maximum atomic E-state index is 13.1. The van der Waals surface area contributed by atoms with Crippen LogP contribution in [0.25, 0.3) is 11.1 Å². The third kappa shape index (κ3) is 3.16. The first-order valence-electron chi connectivity index (χ1n) is 9.40. The summed E-state index contributed by atoms with van der Waals surface area (Å²) in [6, 6.07) is 12.9. The monoisotopic (exact) mass is 415 g/mol. The molecule has 1 aliphatic rings. The quantitative estimate of drug-likeness (QED) is 0.491. The van der Waals surface area contributed by atoms with Gasteiger partial charge in [0, 0.05) is 22.4 Å². The number of benzene rings is 3. The molecule has 3 aromatic rings. The van der Waals surface area contributed by atoms with E-state index < -0.39 is 23.3 Å². The zero-order valence-corrected chi connectivity index (χ0v) is 16.7. The van der Waals surface area contributed by atoms with Crippen molar-refractivity contribution >= 4 is 34.6 Å². The topological polar surface area (TPSA) is 112 Å². The second kappa shape index (κ2) is 7.21. The Bertz CT molecular complexity index is 1270. The van der Waals surface area contributed by atoms with E-state index in [0.717, 1.165) is 4.90 Å². The first kappa shape index (κ1) is 20.0. The Morgan fingerprint density at radius 1 is 0.774 bits per heavy atom. The van der Waals surface area contributed by atoms with Gasteiger partial charge in [-0.3, -0.25) is 24.1 Å². The molecule has 0 saturated heterocycles. The van der Waals surface area contributed by atoms with Crippen LogP contribution in [0.4, 0.5) is 11.4 Å². The lowest BCUT2D eigenvalue weighted by Gasteiger charge is -2.20. The number of nitrogens with zero attached hydrogens (tertiary/aromatic N) is 1. The highest BCUT2D eigenvalue weighted by Gasteiger charge is 2.41. The molecule has 2 N–H and O–H groups in total. The molecule has 7 heteroatoms. The average Bonchev–Trinajstić information content (AvgIpc) is 2.98. The Balaban J connectivity index is 2.11. The highest BCUT2D eigenvalue weighted by molar-refractivity contribution is 6.55. The SMILES string of the molecule is CC(=O)c1cc2c(c(-c3ccc(O)cc3)c1C(C)=O)C(=O)C(=O)N2c1ccc(O)cc1. The molecule has 0 bridgehead atoms. The van der Waals surface area contributed by atoms with Crippen molar-refractivity contribution < 1.29 is 29.4 Å². The second-order valence-corrected chi connectivity index (χ2v) is 7.21. The third-order valence-corrected chi connectivity index (χ3v) is 5.17. The van der Waals surface area contributed by atoms with Crippen LogP contribution in [-0.4, -0.2) is 33.5 Å². The van der Waals surface area contributed by atoms with E-state index in [4.69, 9.17) is 0 Å². The number of phenolic OH excluding ortho intramolecular Hbond substituents is 2. The van der Waals surface area contributed by atoms with Gasteiger partial charge in [0.2, 0.25) is 0 Å². The van der Waals surface area contributed by atoms with Crippen LogP contribution in [0.15, 0.2) is 54.6 Å². The largest absolute Gasteiger partial charge is 0.508 e. The number of Topliss-reactive ketones (excluding diaryl/α,β-unsaturated/α-hetero) is 3. The van der Waals surface area contributed by atoms with Crippen LogP contribution in [0.2, 0.25) is 0 Å². The van der Waals surface area contributed by atoms with E-state index in [1.165, 1.54) is 68.4 Å². The summed E-state index contributed by atoms with van der Waals surface area (Å²) in [6.07, 6.45) is 0. The highest BCUT2D eigenvalue weighted by atomic mass is 16.3. The molecule has 0 atom stereocenters. The fraction of sp³-hybridized carbons (Fsp3) is 0.0833. The number of anilines is 2. The molecule has 0 radical (unpaired) electrons. The number of ketones is 3. The number of phenols is 2. The lowest BCUT2D eigenvalue weighted by atomic mass is 9.86. The Morgan fingerprint density at radius 2 is 1.32 bits per heavy atom. The molecular weight excluding hydrogens is 398 g/mol. The standard InChI is InChI=1S/C24H17NO6/c1-12(26)18-11-19-22(21(20(18)13(2)27)14-3-7-16(28)8-4-14)23(30)24(31)25(19)15-5-9-17(29)10-6-15/h3-11,28-29H,1-2H3. The fourth-order valence-corrected chi connectivity index (χ4v) is 3.81. The van der Waals surface area contributed by atoms with Gasteiger partial charge >= 0.3 is 5.91 Å². The van der Waals surface area contributed by atoms with Crippen molar-refractivity contribution in [2.75, 3.05) is 4.90 Å². The number of amides is 1. The number of hydrogen-bond acceptors (Lipinski definition) is 6. The van der Waals surface area contributed by atoms with Gasteiger partial charge in [0.1, 0.15) is 11.5 Å². The molecule has 4 rings (SSSR count). The lowest BCUT2D eigenvalue weighted by molar-refractivity contribution is -0.113. The number of fused-ring (bicyclic) bond motifs is 1. The van der Waals surface area contributed by atoms with Gasteiger partial charge in [-0.05, 0) is 61.9 Å². The average molecular weight is 415 g/mol. The summed E-state index contributed by atoms with van der Waals surface area (Å²) in [5.74, 6) is -2.51. The molecule has 1 aliphatic heterocycles. The summed E-state index contributed by atoms with van der Waals surface area (Å²) in [7, 11) is 0. The predicted octanol–water partition coefficient (Wildman–Crippen LogP) is 4.03. The highest BCUT2D eigenvalue weighted by Crippen LogP contribution is 2.44. The number of rotatable bonds is 4. The molecule has 0 aromatic heterocycles. The number of carbonyl (C=O) groups is 4. The molecule has 154 valence electrons. The van der Waals surface area contributed by atoms with Crippen LogP contribution in [0.3, 0.4) is 0 Å². The maximum absolute atomic E-state index is 13.1. The van der Waals surface area contributed by atoms with E-state index in [9.17, 15) is 29.4 Å². The summed E-state index contributed by atoms with van der Waals surface area (Å²) >= 11 is 0. The van der Waals surface area contributed by atoms with Crippen LogP contribution in [-0.2, 0) is 4.79 Å². The zero-order chi connectivity index (χ0) is 22.4. The van der Waals surface area contributed by atoms with Crippen molar-refractivity contribution in [3.63, 3.8) is 0 Å². The number of aromatic hydroxyl groups is 2. The Labute approximate surface area is 177 Å². The van der Waals surface area contributed by atoms with Gasteiger partial charge in [0.05, 0.1) is 11.3 Å². The third-order valence-electron chi connectivity index (χ3n) is 5.17. The van der Waals surface area contributed by atoms with Crippen molar-refractivity contribution in [3.8, 4) is 22.6 Å². The molecule has 0 fully saturated rings. The van der Waals surface area contributed by atoms with Crippen LogP contribution < -0.4 is 4.90 Å². The van der Waals surface area contributed by atoms with Crippen molar-refractivity contribution in [2.24, 2.45) is 0 Å². The van der Waals surface area contributed by atoms with Crippen LogP contribution in [0, 0.1) is 0 Å². The second-order valence-electron chi connectivity index (χ2n) is 7.21. The summed E-state index contributed by atoms with van der Waals surface area (Å²) < 4.78 is 0. The number of hydrogen-bond donors (Lipinski definition) is 2. The van der Waals surface area contributed by atoms with Gasteiger partial charge in [-0.2, -0.15) is 0 Å². The van der Waals surface area contributed by atoms with E-state index in [1.807, 2.05) is 0 Å².